The molecule has 7 heteroatoms. The smallest absolute Gasteiger partial charge is 0.478 e. The van der Waals surface area contributed by atoms with Gasteiger partial charge in [-0.05, 0) is 0 Å². The molecular formula is C3H8O6P+. The highest BCUT2D eigenvalue weighted by Gasteiger charge is 1.93. The summed E-state index contributed by atoms with van der Waals surface area (Å²) in [5.74, 6) is -0.981. The largest absolute Gasteiger partial charge is 0.692 e. The minimum Gasteiger partial charge on any atom is -0.478 e. The van der Waals surface area contributed by atoms with E-state index in [2.05, 4.69) is 6.58 Å². The van der Waals surface area contributed by atoms with Crippen molar-refractivity contribution in [3.05, 3.63) is 12.7 Å². The first-order valence-electron chi connectivity index (χ1n) is 1.71. The second-order valence-corrected chi connectivity index (χ2v) is 1.30. The van der Waals surface area contributed by atoms with E-state index in [0.29, 0.717) is 0 Å². The SMILES string of the molecule is C=CC(=O)O.O.O=[P+](O)O. The maximum Gasteiger partial charge on any atom is 0.692 e. The van der Waals surface area contributed by atoms with Gasteiger partial charge in [0.15, 0.2) is 0 Å². The second kappa shape index (κ2) is 11.0. The number of carbonyl (C=O) groups is 1. The summed E-state index contributed by atoms with van der Waals surface area (Å²) in [6.45, 7) is 2.96. The lowest BCUT2D eigenvalue weighted by molar-refractivity contribution is -0.131. The average molecular weight is 171 g/mol. The first-order valence-corrected chi connectivity index (χ1v) is 2.87. The Balaban J connectivity index is -0.0000000910. The fourth-order valence-electron chi connectivity index (χ4n) is 0. The Morgan fingerprint density at radius 3 is 1.60 bits per heavy atom. The van der Waals surface area contributed by atoms with Gasteiger partial charge in [0.2, 0.25) is 0 Å². The lowest BCUT2D eigenvalue weighted by Gasteiger charge is -1.64. The highest BCUT2D eigenvalue weighted by molar-refractivity contribution is 7.30. The van der Waals surface area contributed by atoms with E-state index in [-0.39, 0.29) is 5.48 Å². The molecule has 0 unspecified atom stereocenters. The van der Waals surface area contributed by atoms with Gasteiger partial charge in [-0.1, -0.05) is 6.58 Å². The molecule has 0 aromatic heterocycles. The van der Waals surface area contributed by atoms with Crippen molar-refractivity contribution in [1.82, 2.24) is 0 Å². The molecule has 0 spiro atoms. The Bertz CT molecular complexity index is 116. The number of carboxylic acid groups (broad SMARTS) is 1. The van der Waals surface area contributed by atoms with E-state index in [1.165, 1.54) is 0 Å². The van der Waals surface area contributed by atoms with E-state index < -0.39 is 14.2 Å². The van der Waals surface area contributed by atoms with E-state index in [0.717, 1.165) is 6.08 Å². The van der Waals surface area contributed by atoms with E-state index in [9.17, 15) is 4.79 Å². The second-order valence-electron chi connectivity index (χ2n) is 0.795. The number of rotatable bonds is 1. The van der Waals surface area contributed by atoms with Crippen LogP contribution in [0.1, 0.15) is 0 Å². The van der Waals surface area contributed by atoms with Gasteiger partial charge in [0.05, 0.1) is 0 Å². The van der Waals surface area contributed by atoms with Crippen molar-refractivity contribution in [3.8, 4) is 0 Å². The molecule has 0 radical (unpaired) electrons. The summed E-state index contributed by atoms with van der Waals surface area (Å²) in [4.78, 5) is 23.5. The zero-order valence-corrected chi connectivity index (χ0v) is 5.78. The topological polar surface area (TPSA) is 126 Å². The lowest BCUT2D eigenvalue weighted by Crippen LogP contribution is -1.82. The van der Waals surface area contributed by atoms with Gasteiger partial charge >= 0.3 is 14.2 Å². The molecule has 0 saturated heterocycles. The number of carboxylic acids is 1. The summed E-state index contributed by atoms with van der Waals surface area (Å²) in [5, 5.41) is 7.60. The predicted molar refractivity (Wildman–Crippen MR) is 33.5 cm³/mol. The van der Waals surface area contributed by atoms with E-state index in [4.69, 9.17) is 19.5 Å². The van der Waals surface area contributed by atoms with Crippen LogP contribution in [0.3, 0.4) is 0 Å². The molecule has 0 fully saturated rings. The maximum atomic E-state index is 9.25. The van der Waals surface area contributed by atoms with Gasteiger partial charge in [0.1, 0.15) is 0 Å². The summed E-state index contributed by atoms with van der Waals surface area (Å²) < 4.78 is 8.70. The van der Waals surface area contributed by atoms with E-state index >= 15 is 0 Å². The molecule has 0 bridgehead atoms. The predicted octanol–water partition coefficient (Wildman–Crippen LogP) is -0.939. The molecule has 0 amide bonds. The summed E-state index contributed by atoms with van der Waals surface area (Å²) in [7, 11) is -2.87. The van der Waals surface area contributed by atoms with Crippen LogP contribution in [0.2, 0.25) is 0 Å². The molecule has 0 aliphatic heterocycles. The number of aliphatic carboxylic acids is 1. The standard InChI is InChI=1S/C3H4O2.HO3P.H2O/c1-2-3(4)5;1-4(2)3;/h2H,1H2,(H,4,5);(H-,1,2,3);1H2/p+1. The molecule has 6 nitrogen and oxygen atoms in total. The van der Waals surface area contributed by atoms with Gasteiger partial charge in [-0.15, -0.1) is 9.79 Å². The minimum atomic E-state index is -2.87. The quantitative estimate of drug-likeness (QED) is 0.346. The molecule has 0 atom stereocenters. The summed E-state index contributed by atoms with van der Waals surface area (Å²) >= 11 is 0. The van der Waals surface area contributed by atoms with Crippen molar-refractivity contribution >= 4 is 14.2 Å². The van der Waals surface area contributed by atoms with Crippen LogP contribution in [-0.2, 0) is 9.36 Å². The number of hydrogen-bond acceptors (Lipinski definition) is 2. The molecule has 0 aromatic carbocycles. The van der Waals surface area contributed by atoms with Crippen molar-refractivity contribution in [1.29, 1.82) is 0 Å². The van der Waals surface area contributed by atoms with Gasteiger partial charge in [-0.3, -0.25) is 0 Å². The Morgan fingerprint density at radius 2 is 1.60 bits per heavy atom. The first kappa shape index (κ1) is 16.1. The van der Waals surface area contributed by atoms with Crippen LogP contribution in [0.5, 0.6) is 0 Å². The molecular weight excluding hydrogens is 163 g/mol. The van der Waals surface area contributed by atoms with Crippen LogP contribution >= 0.6 is 8.25 Å². The average Bonchev–Trinajstić information content (AvgIpc) is 1.65. The van der Waals surface area contributed by atoms with Gasteiger partial charge < -0.3 is 10.6 Å². The molecule has 5 N–H and O–H groups in total. The van der Waals surface area contributed by atoms with Crippen LogP contribution in [0.25, 0.3) is 0 Å². The first-order chi connectivity index (χ1) is 4.00. The number of hydrogen-bond donors (Lipinski definition) is 3. The van der Waals surface area contributed by atoms with Crippen molar-refractivity contribution < 1.29 is 29.7 Å². The Morgan fingerprint density at radius 1 is 1.50 bits per heavy atom. The normalized spacial score (nSPS) is 5.80. The Kier molecular flexibility index (Phi) is 17.8. The molecule has 60 valence electrons. The van der Waals surface area contributed by atoms with Crippen LogP contribution in [0, 0.1) is 0 Å². The Hall–Kier alpha value is -0.810. The van der Waals surface area contributed by atoms with Crippen LogP contribution < -0.4 is 0 Å². The van der Waals surface area contributed by atoms with Crippen molar-refractivity contribution in [2.24, 2.45) is 0 Å². The molecule has 0 aliphatic carbocycles. The van der Waals surface area contributed by atoms with Crippen molar-refractivity contribution in [2.75, 3.05) is 0 Å². The third-order valence-corrected chi connectivity index (χ3v) is 0.175. The van der Waals surface area contributed by atoms with E-state index in [1.807, 2.05) is 0 Å². The van der Waals surface area contributed by atoms with Gasteiger partial charge in [-0.2, -0.15) is 0 Å². The fourth-order valence-corrected chi connectivity index (χ4v) is 0. The van der Waals surface area contributed by atoms with Crippen LogP contribution in [0.4, 0.5) is 0 Å². The Labute approximate surface area is 57.7 Å². The fraction of sp³-hybridized carbons (Fsp3) is 0. The monoisotopic (exact) mass is 171 g/mol. The zero-order valence-electron chi connectivity index (χ0n) is 4.89. The molecule has 0 saturated carbocycles. The van der Waals surface area contributed by atoms with Gasteiger partial charge in [0, 0.05) is 10.6 Å². The highest BCUT2D eigenvalue weighted by Crippen LogP contribution is 1.98. The molecule has 0 rings (SSSR count). The van der Waals surface area contributed by atoms with Crippen molar-refractivity contribution in [2.45, 2.75) is 0 Å². The summed E-state index contributed by atoms with van der Waals surface area (Å²) in [6.07, 6.45) is 0.833. The molecule has 0 aliphatic rings. The summed E-state index contributed by atoms with van der Waals surface area (Å²) in [5.41, 5.74) is 0. The third-order valence-electron chi connectivity index (χ3n) is 0.175. The lowest BCUT2D eigenvalue weighted by atomic mass is 10.7. The molecule has 10 heavy (non-hydrogen) atoms. The molecule has 0 heterocycles. The summed E-state index contributed by atoms with van der Waals surface area (Å²) in [6, 6.07) is 0. The minimum absolute atomic E-state index is 0. The highest BCUT2D eigenvalue weighted by atomic mass is 31.1. The van der Waals surface area contributed by atoms with Crippen molar-refractivity contribution in [3.63, 3.8) is 0 Å². The van der Waals surface area contributed by atoms with Crippen LogP contribution in [-0.4, -0.2) is 26.3 Å². The zero-order chi connectivity index (χ0) is 7.86. The van der Waals surface area contributed by atoms with Gasteiger partial charge in [0.25, 0.3) is 0 Å². The molecule has 0 aromatic rings. The van der Waals surface area contributed by atoms with E-state index in [1.54, 1.807) is 0 Å². The van der Waals surface area contributed by atoms with Gasteiger partial charge in [-0.25, -0.2) is 4.79 Å². The third kappa shape index (κ3) is 195. The van der Waals surface area contributed by atoms with Crippen LogP contribution in [0.15, 0.2) is 12.7 Å². The maximum absolute atomic E-state index is 9.25.